The van der Waals surface area contributed by atoms with Crippen LogP contribution in [0.25, 0.3) is 10.4 Å². The van der Waals surface area contributed by atoms with Crippen LogP contribution in [-0.2, 0) is 9.53 Å². The van der Waals surface area contributed by atoms with Gasteiger partial charge in [0.1, 0.15) is 11.6 Å². The lowest BCUT2D eigenvalue weighted by molar-refractivity contribution is -0.156. The van der Waals surface area contributed by atoms with Crippen LogP contribution in [0, 0.1) is 0 Å². The van der Waals surface area contributed by atoms with Crippen LogP contribution in [0.5, 0.6) is 0 Å². The summed E-state index contributed by atoms with van der Waals surface area (Å²) in [6, 6.07) is -1.51. The van der Waals surface area contributed by atoms with Crippen molar-refractivity contribution < 1.29 is 9.53 Å². The molecule has 0 saturated heterocycles. The van der Waals surface area contributed by atoms with Gasteiger partial charge in [0.05, 0.1) is 0 Å². The Bertz CT molecular complexity index is 251. The van der Waals surface area contributed by atoms with Gasteiger partial charge in [-0.05, 0) is 33.2 Å². The number of nitrogens with two attached hydrogens (primary N) is 1. The Morgan fingerprint density at radius 2 is 2.07 bits per heavy atom. The second-order valence-electron chi connectivity index (χ2n) is 4.04. The van der Waals surface area contributed by atoms with E-state index < -0.39 is 23.7 Å². The largest absolute Gasteiger partial charge is 0.460 e. The van der Waals surface area contributed by atoms with Gasteiger partial charge in [-0.3, -0.25) is 4.79 Å². The van der Waals surface area contributed by atoms with Gasteiger partial charge in [-0.2, -0.15) is 0 Å². The van der Waals surface area contributed by atoms with Crippen molar-refractivity contribution in [3.05, 3.63) is 10.4 Å². The molecule has 0 bridgehead atoms. The molecule has 0 aliphatic rings. The average molecular weight is 200 g/mol. The summed E-state index contributed by atoms with van der Waals surface area (Å²) in [7, 11) is 0. The SMILES string of the molecule is C[C@H](N)[C@H](N=[N+]=[N-])C(=O)OC(C)(C)C. The molecule has 2 N–H and O–H groups in total. The minimum atomic E-state index is -0.959. The van der Waals surface area contributed by atoms with Crippen LogP contribution < -0.4 is 5.73 Å². The number of azide groups is 1. The number of hydrogen-bond acceptors (Lipinski definition) is 4. The van der Waals surface area contributed by atoms with Crippen LogP contribution in [0.15, 0.2) is 5.11 Å². The summed E-state index contributed by atoms with van der Waals surface area (Å²) >= 11 is 0. The summed E-state index contributed by atoms with van der Waals surface area (Å²) in [6.45, 7) is 6.79. The summed E-state index contributed by atoms with van der Waals surface area (Å²) < 4.78 is 5.03. The molecule has 0 aliphatic heterocycles. The minimum absolute atomic E-state index is 0.555. The maximum absolute atomic E-state index is 11.4. The minimum Gasteiger partial charge on any atom is -0.460 e. The fourth-order valence-corrected chi connectivity index (χ4v) is 0.785. The highest BCUT2D eigenvalue weighted by Gasteiger charge is 2.26. The molecule has 6 heteroatoms. The lowest BCUT2D eigenvalue weighted by Gasteiger charge is -2.23. The van der Waals surface area contributed by atoms with Gasteiger partial charge in [-0.1, -0.05) is 5.11 Å². The molecule has 0 aromatic heterocycles. The molecule has 6 nitrogen and oxygen atoms in total. The molecule has 0 saturated carbocycles. The number of carbonyl (C=O) groups is 1. The van der Waals surface area contributed by atoms with E-state index in [1.165, 1.54) is 0 Å². The molecule has 0 unspecified atom stereocenters. The molecule has 0 fully saturated rings. The van der Waals surface area contributed by atoms with Crippen molar-refractivity contribution in [2.24, 2.45) is 10.8 Å². The van der Waals surface area contributed by atoms with E-state index in [1.54, 1.807) is 27.7 Å². The first-order valence-corrected chi connectivity index (χ1v) is 4.30. The monoisotopic (exact) mass is 200 g/mol. The first-order chi connectivity index (χ1) is 6.28. The summed E-state index contributed by atoms with van der Waals surface area (Å²) in [5.74, 6) is -0.592. The summed E-state index contributed by atoms with van der Waals surface area (Å²) in [5.41, 5.74) is 13.1. The highest BCUT2D eigenvalue weighted by atomic mass is 16.6. The van der Waals surface area contributed by atoms with Gasteiger partial charge in [0, 0.05) is 11.0 Å². The van der Waals surface area contributed by atoms with E-state index in [4.69, 9.17) is 16.0 Å². The average Bonchev–Trinajstić information content (AvgIpc) is 1.95. The van der Waals surface area contributed by atoms with Crippen molar-refractivity contribution in [3.63, 3.8) is 0 Å². The number of rotatable bonds is 3. The molecule has 2 atom stereocenters. The lowest BCUT2D eigenvalue weighted by atomic mass is 10.1. The molecule has 14 heavy (non-hydrogen) atoms. The van der Waals surface area contributed by atoms with Crippen LogP contribution in [0.2, 0.25) is 0 Å². The quantitative estimate of drug-likeness (QED) is 0.322. The van der Waals surface area contributed by atoms with Crippen molar-refractivity contribution in [2.75, 3.05) is 0 Å². The van der Waals surface area contributed by atoms with Crippen LogP contribution in [0.1, 0.15) is 27.7 Å². The maximum Gasteiger partial charge on any atom is 0.317 e. The van der Waals surface area contributed by atoms with Crippen LogP contribution in [0.4, 0.5) is 0 Å². The number of esters is 1. The molecule has 0 aromatic carbocycles. The third-order valence-corrected chi connectivity index (χ3v) is 1.32. The normalized spacial score (nSPS) is 15.2. The van der Waals surface area contributed by atoms with E-state index in [0.717, 1.165) is 0 Å². The van der Waals surface area contributed by atoms with E-state index >= 15 is 0 Å². The lowest BCUT2D eigenvalue weighted by Crippen LogP contribution is -2.40. The van der Waals surface area contributed by atoms with Crippen LogP contribution in [-0.4, -0.2) is 23.7 Å². The Hall–Kier alpha value is -1.26. The Morgan fingerprint density at radius 1 is 1.57 bits per heavy atom. The Kier molecular flexibility index (Phi) is 4.40. The van der Waals surface area contributed by atoms with Gasteiger partial charge < -0.3 is 10.5 Å². The second kappa shape index (κ2) is 4.83. The smallest absolute Gasteiger partial charge is 0.317 e. The van der Waals surface area contributed by atoms with Gasteiger partial charge in [0.2, 0.25) is 0 Å². The molecular weight excluding hydrogens is 184 g/mol. The number of ether oxygens (including phenoxy) is 1. The zero-order valence-corrected chi connectivity index (χ0v) is 8.89. The standard InChI is InChI=1S/C8H16N4O2/c1-5(9)6(11-12-10)7(13)14-8(2,3)4/h5-6H,9H2,1-4H3/t5-,6-/m0/s1. The molecular formula is C8H16N4O2. The van der Waals surface area contributed by atoms with Crippen molar-refractivity contribution >= 4 is 5.97 Å². The maximum atomic E-state index is 11.4. The molecule has 0 aromatic rings. The fraction of sp³-hybridized carbons (Fsp3) is 0.875. The highest BCUT2D eigenvalue weighted by Crippen LogP contribution is 2.11. The Balaban J connectivity index is 4.54. The molecule has 0 amide bonds. The van der Waals surface area contributed by atoms with Gasteiger partial charge in [-0.25, -0.2) is 0 Å². The van der Waals surface area contributed by atoms with Gasteiger partial charge in [-0.15, -0.1) is 0 Å². The van der Waals surface area contributed by atoms with Crippen molar-refractivity contribution in [2.45, 2.75) is 45.4 Å². The molecule has 80 valence electrons. The van der Waals surface area contributed by atoms with Gasteiger partial charge in [0.15, 0.2) is 0 Å². The van der Waals surface area contributed by atoms with E-state index in [1.807, 2.05) is 0 Å². The van der Waals surface area contributed by atoms with Crippen molar-refractivity contribution in [1.82, 2.24) is 0 Å². The predicted molar refractivity (Wildman–Crippen MR) is 52.4 cm³/mol. The first-order valence-electron chi connectivity index (χ1n) is 4.30. The number of hydrogen-bond donors (Lipinski definition) is 1. The predicted octanol–water partition coefficient (Wildman–Crippen LogP) is 1.35. The molecule has 0 radical (unpaired) electrons. The second-order valence-corrected chi connectivity index (χ2v) is 4.04. The summed E-state index contributed by atoms with van der Waals surface area (Å²) in [6.07, 6.45) is 0. The van der Waals surface area contributed by atoms with E-state index in [9.17, 15) is 4.79 Å². The fourth-order valence-electron chi connectivity index (χ4n) is 0.785. The summed E-state index contributed by atoms with van der Waals surface area (Å²) in [5, 5.41) is 3.29. The Morgan fingerprint density at radius 3 is 2.36 bits per heavy atom. The zero-order chi connectivity index (χ0) is 11.4. The molecule has 0 rings (SSSR count). The first kappa shape index (κ1) is 12.7. The third kappa shape index (κ3) is 4.69. The molecule has 0 aliphatic carbocycles. The molecule has 0 spiro atoms. The molecule has 0 heterocycles. The summed E-state index contributed by atoms with van der Waals surface area (Å²) in [4.78, 5) is 14.0. The van der Waals surface area contributed by atoms with E-state index in [0.29, 0.717) is 0 Å². The van der Waals surface area contributed by atoms with E-state index in [2.05, 4.69) is 10.0 Å². The zero-order valence-electron chi connectivity index (χ0n) is 8.89. The van der Waals surface area contributed by atoms with Crippen LogP contribution >= 0.6 is 0 Å². The topological polar surface area (TPSA) is 101 Å². The number of carbonyl (C=O) groups excluding carboxylic acids is 1. The van der Waals surface area contributed by atoms with Crippen molar-refractivity contribution in [1.29, 1.82) is 0 Å². The number of nitrogens with zero attached hydrogens (tertiary/aromatic N) is 3. The van der Waals surface area contributed by atoms with Gasteiger partial charge >= 0.3 is 5.97 Å². The van der Waals surface area contributed by atoms with Crippen molar-refractivity contribution in [3.8, 4) is 0 Å². The third-order valence-electron chi connectivity index (χ3n) is 1.32. The highest BCUT2D eigenvalue weighted by molar-refractivity contribution is 5.77. The van der Waals surface area contributed by atoms with E-state index in [-0.39, 0.29) is 0 Å². The van der Waals surface area contributed by atoms with Crippen LogP contribution in [0.3, 0.4) is 0 Å². The Labute approximate surface area is 83.0 Å². The van der Waals surface area contributed by atoms with Gasteiger partial charge in [0.25, 0.3) is 0 Å².